The van der Waals surface area contributed by atoms with E-state index in [1.54, 1.807) is 0 Å². The van der Waals surface area contributed by atoms with Crippen LogP contribution >= 0.6 is 0 Å². The number of carboxylic acids is 1. The van der Waals surface area contributed by atoms with Crippen LogP contribution in [0.2, 0.25) is 0 Å². The molecule has 0 saturated heterocycles. The topological polar surface area (TPSA) is 87.0 Å². The third-order valence-corrected chi connectivity index (χ3v) is 4.33. The second-order valence-corrected chi connectivity index (χ2v) is 6.46. The quantitative estimate of drug-likeness (QED) is 0.328. The number of aromatic hydroxyl groups is 2. The first-order valence-corrected chi connectivity index (χ1v) is 9.42. The second kappa shape index (κ2) is 12.6. The first-order chi connectivity index (χ1) is 12.1. The van der Waals surface area contributed by atoms with Crippen molar-refractivity contribution in [2.24, 2.45) is 0 Å². The first-order valence-electron chi connectivity index (χ1n) is 9.42. The Kier molecular flexibility index (Phi) is 10.7. The predicted octanol–water partition coefficient (Wildman–Crippen LogP) is 4.89. The first kappa shape index (κ1) is 21.3. The number of aryl methyl sites for hydroxylation is 1. The summed E-state index contributed by atoms with van der Waals surface area (Å²) < 4.78 is 5.60. The molecule has 0 fully saturated rings. The van der Waals surface area contributed by atoms with Crippen LogP contribution in [-0.2, 0) is 11.2 Å². The minimum Gasteiger partial charge on any atom is -0.504 e. The van der Waals surface area contributed by atoms with Gasteiger partial charge in [-0.15, -0.1) is 0 Å². The monoisotopic (exact) mass is 352 g/mol. The molecule has 0 aromatic heterocycles. The van der Waals surface area contributed by atoms with E-state index in [4.69, 9.17) is 9.84 Å². The molecule has 0 radical (unpaired) electrons. The Labute approximate surface area is 150 Å². The molecular weight excluding hydrogens is 320 g/mol. The van der Waals surface area contributed by atoms with Crippen molar-refractivity contribution in [2.75, 3.05) is 13.2 Å². The van der Waals surface area contributed by atoms with Crippen molar-refractivity contribution >= 4 is 5.97 Å². The third kappa shape index (κ3) is 8.25. The zero-order valence-corrected chi connectivity index (χ0v) is 15.3. The van der Waals surface area contributed by atoms with Crippen LogP contribution in [0.25, 0.3) is 0 Å². The van der Waals surface area contributed by atoms with Gasteiger partial charge in [-0.2, -0.15) is 0 Å². The van der Waals surface area contributed by atoms with Crippen molar-refractivity contribution in [3.63, 3.8) is 0 Å². The molecule has 142 valence electrons. The van der Waals surface area contributed by atoms with Gasteiger partial charge in [0.15, 0.2) is 11.5 Å². The Morgan fingerprint density at radius 3 is 2.16 bits per heavy atom. The lowest BCUT2D eigenvalue weighted by Gasteiger charge is -2.09. The van der Waals surface area contributed by atoms with Crippen molar-refractivity contribution in [3.05, 3.63) is 23.3 Å². The molecule has 3 N–H and O–H groups in total. The van der Waals surface area contributed by atoms with Gasteiger partial charge in [0.1, 0.15) is 5.56 Å². The van der Waals surface area contributed by atoms with E-state index in [0.717, 1.165) is 13.0 Å². The van der Waals surface area contributed by atoms with Crippen LogP contribution in [0.1, 0.15) is 80.6 Å². The number of unbranched alkanes of at least 4 members (excludes halogenated alkanes) is 7. The molecule has 0 heterocycles. The maximum atomic E-state index is 11.2. The average molecular weight is 352 g/mol. The molecule has 0 saturated carbocycles. The van der Waals surface area contributed by atoms with Gasteiger partial charge in [-0.25, -0.2) is 4.79 Å². The van der Waals surface area contributed by atoms with Crippen LogP contribution in [0.5, 0.6) is 11.5 Å². The van der Waals surface area contributed by atoms with Gasteiger partial charge in [-0.05, 0) is 30.9 Å². The van der Waals surface area contributed by atoms with Gasteiger partial charge in [0, 0.05) is 13.2 Å². The summed E-state index contributed by atoms with van der Waals surface area (Å²) in [5.41, 5.74) is 0.293. The summed E-state index contributed by atoms with van der Waals surface area (Å²) in [5.74, 6) is -2.21. The Bertz CT molecular complexity index is 513. The summed E-state index contributed by atoms with van der Waals surface area (Å²) >= 11 is 0. The Balaban J connectivity index is 2.13. The standard InChI is InChI=1S/C20H32O5/c1-2-3-4-5-6-7-8-9-14-25-15-10-11-16-12-13-17(21)19(22)18(16)20(23)24/h12-13,21-22H,2-11,14-15H2,1H3,(H,23,24). The fraction of sp³-hybridized carbons (Fsp3) is 0.650. The number of hydrogen-bond donors (Lipinski definition) is 3. The molecule has 0 aliphatic carbocycles. The van der Waals surface area contributed by atoms with Crippen molar-refractivity contribution in [2.45, 2.75) is 71.1 Å². The summed E-state index contributed by atoms with van der Waals surface area (Å²) in [6, 6.07) is 2.86. The highest BCUT2D eigenvalue weighted by atomic mass is 16.5. The van der Waals surface area contributed by atoms with Gasteiger partial charge in [0.2, 0.25) is 0 Å². The molecule has 0 unspecified atom stereocenters. The van der Waals surface area contributed by atoms with Gasteiger partial charge in [0.25, 0.3) is 0 Å². The van der Waals surface area contributed by atoms with Crippen LogP contribution in [0.3, 0.4) is 0 Å². The van der Waals surface area contributed by atoms with E-state index in [0.29, 0.717) is 25.0 Å². The normalized spacial score (nSPS) is 10.9. The van der Waals surface area contributed by atoms with E-state index in [-0.39, 0.29) is 5.56 Å². The van der Waals surface area contributed by atoms with Gasteiger partial charge in [-0.3, -0.25) is 0 Å². The van der Waals surface area contributed by atoms with Gasteiger partial charge in [-0.1, -0.05) is 57.9 Å². The zero-order valence-electron chi connectivity index (χ0n) is 15.3. The van der Waals surface area contributed by atoms with E-state index in [9.17, 15) is 15.0 Å². The summed E-state index contributed by atoms with van der Waals surface area (Å²) in [7, 11) is 0. The highest BCUT2D eigenvalue weighted by molar-refractivity contribution is 5.93. The van der Waals surface area contributed by atoms with Crippen LogP contribution in [0.4, 0.5) is 0 Å². The van der Waals surface area contributed by atoms with E-state index in [2.05, 4.69) is 6.92 Å². The number of phenols is 2. The van der Waals surface area contributed by atoms with Gasteiger partial charge >= 0.3 is 5.97 Å². The summed E-state index contributed by atoms with van der Waals surface area (Å²) in [6.07, 6.45) is 11.3. The smallest absolute Gasteiger partial charge is 0.339 e. The lowest BCUT2D eigenvalue weighted by atomic mass is 10.0. The molecule has 0 atom stereocenters. The van der Waals surface area contributed by atoms with Crippen molar-refractivity contribution in [1.82, 2.24) is 0 Å². The Morgan fingerprint density at radius 2 is 1.52 bits per heavy atom. The molecule has 0 bridgehead atoms. The van der Waals surface area contributed by atoms with E-state index in [1.807, 2.05) is 0 Å². The number of benzene rings is 1. The average Bonchev–Trinajstić information content (AvgIpc) is 2.58. The Hall–Kier alpha value is -1.75. The fourth-order valence-electron chi connectivity index (χ4n) is 2.87. The number of rotatable bonds is 14. The van der Waals surface area contributed by atoms with Gasteiger partial charge in [0.05, 0.1) is 0 Å². The van der Waals surface area contributed by atoms with E-state index < -0.39 is 17.5 Å². The molecule has 0 aliphatic rings. The Morgan fingerprint density at radius 1 is 0.920 bits per heavy atom. The molecule has 0 aliphatic heterocycles. The minimum atomic E-state index is -1.23. The molecule has 25 heavy (non-hydrogen) atoms. The molecule has 1 aromatic rings. The SMILES string of the molecule is CCCCCCCCCCOCCCc1ccc(O)c(O)c1C(=O)O. The van der Waals surface area contributed by atoms with Gasteiger partial charge < -0.3 is 20.1 Å². The fourth-order valence-corrected chi connectivity index (χ4v) is 2.87. The number of hydrogen-bond acceptors (Lipinski definition) is 4. The third-order valence-electron chi connectivity index (χ3n) is 4.33. The van der Waals surface area contributed by atoms with E-state index in [1.165, 1.54) is 57.1 Å². The molecule has 0 amide bonds. The minimum absolute atomic E-state index is 0.219. The number of ether oxygens (including phenoxy) is 1. The molecule has 0 spiro atoms. The van der Waals surface area contributed by atoms with Crippen molar-refractivity contribution in [3.8, 4) is 11.5 Å². The zero-order chi connectivity index (χ0) is 18.5. The summed E-state index contributed by atoms with van der Waals surface area (Å²) in [4.78, 5) is 11.2. The number of aromatic carboxylic acids is 1. The maximum absolute atomic E-state index is 11.2. The molecular formula is C20H32O5. The predicted molar refractivity (Wildman–Crippen MR) is 98.5 cm³/mol. The number of carbonyl (C=O) groups is 1. The number of carboxylic acid groups (broad SMARTS) is 1. The van der Waals surface area contributed by atoms with Crippen molar-refractivity contribution < 1.29 is 24.9 Å². The van der Waals surface area contributed by atoms with Crippen molar-refractivity contribution in [1.29, 1.82) is 0 Å². The lowest BCUT2D eigenvalue weighted by molar-refractivity contribution is 0.0691. The number of phenolic OH excluding ortho intramolecular Hbond substituents is 1. The maximum Gasteiger partial charge on any atom is 0.339 e. The molecule has 1 aromatic carbocycles. The van der Waals surface area contributed by atoms with Crippen LogP contribution in [0.15, 0.2) is 12.1 Å². The van der Waals surface area contributed by atoms with E-state index >= 15 is 0 Å². The van der Waals surface area contributed by atoms with Crippen LogP contribution < -0.4 is 0 Å². The summed E-state index contributed by atoms with van der Waals surface area (Å²) in [5, 5.41) is 28.2. The lowest BCUT2D eigenvalue weighted by Crippen LogP contribution is -2.05. The highest BCUT2D eigenvalue weighted by Gasteiger charge is 2.18. The molecule has 5 heteroatoms. The highest BCUT2D eigenvalue weighted by Crippen LogP contribution is 2.31. The van der Waals surface area contributed by atoms with Crippen LogP contribution in [-0.4, -0.2) is 34.5 Å². The largest absolute Gasteiger partial charge is 0.504 e. The van der Waals surface area contributed by atoms with Crippen LogP contribution in [0, 0.1) is 0 Å². The molecule has 5 nitrogen and oxygen atoms in total. The molecule has 1 rings (SSSR count). The second-order valence-electron chi connectivity index (χ2n) is 6.46. The summed E-state index contributed by atoms with van der Waals surface area (Å²) in [6.45, 7) is 3.53.